The van der Waals surface area contributed by atoms with Crippen molar-refractivity contribution < 1.29 is 14.0 Å². The van der Waals surface area contributed by atoms with Gasteiger partial charge in [-0.15, -0.1) is 10.2 Å². The molecule has 0 aliphatic carbocycles. The third-order valence-corrected chi connectivity index (χ3v) is 6.56. The molecule has 1 aliphatic rings. The van der Waals surface area contributed by atoms with Crippen molar-refractivity contribution >= 4 is 46.3 Å². The number of rotatable bonds is 4. The van der Waals surface area contributed by atoms with E-state index in [1.165, 1.54) is 35.6 Å². The number of hydrogen-bond acceptors (Lipinski definition) is 5. The van der Waals surface area contributed by atoms with Crippen molar-refractivity contribution in [3.63, 3.8) is 0 Å². The van der Waals surface area contributed by atoms with Gasteiger partial charge in [-0.1, -0.05) is 29.0 Å². The van der Waals surface area contributed by atoms with Crippen molar-refractivity contribution in [2.45, 2.75) is 25.7 Å². The van der Waals surface area contributed by atoms with Gasteiger partial charge in [0.15, 0.2) is 0 Å². The SMILES string of the molecule is Cc1ccc(NC(=O)N2CCC[C@H](c3nnc(C(=O)Nc4ccc(F)cc4)s3)C2)c(Cl)c1. The highest BCUT2D eigenvalue weighted by molar-refractivity contribution is 7.13. The summed E-state index contributed by atoms with van der Waals surface area (Å²) < 4.78 is 13.0. The Bertz CT molecular complexity index is 1140. The van der Waals surface area contributed by atoms with Gasteiger partial charge in [0.1, 0.15) is 10.8 Å². The maximum Gasteiger partial charge on any atom is 0.321 e. The van der Waals surface area contributed by atoms with E-state index in [4.69, 9.17) is 11.6 Å². The van der Waals surface area contributed by atoms with Crippen molar-refractivity contribution in [2.24, 2.45) is 0 Å². The van der Waals surface area contributed by atoms with Gasteiger partial charge in [0.2, 0.25) is 5.01 Å². The zero-order valence-electron chi connectivity index (χ0n) is 17.3. The number of nitrogens with one attached hydrogen (secondary N) is 2. The summed E-state index contributed by atoms with van der Waals surface area (Å²) >= 11 is 7.43. The summed E-state index contributed by atoms with van der Waals surface area (Å²) in [5.74, 6) is -0.788. The van der Waals surface area contributed by atoms with Crippen molar-refractivity contribution in [3.05, 3.63) is 68.9 Å². The maximum absolute atomic E-state index is 13.0. The summed E-state index contributed by atoms with van der Waals surface area (Å²) in [6.07, 6.45) is 1.67. The molecule has 2 heterocycles. The van der Waals surface area contributed by atoms with E-state index in [0.29, 0.717) is 34.5 Å². The molecule has 0 spiro atoms. The summed E-state index contributed by atoms with van der Waals surface area (Å²) in [5, 5.41) is 15.2. The van der Waals surface area contributed by atoms with Crippen LogP contribution in [0.2, 0.25) is 5.02 Å². The smallest absolute Gasteiger partial charge is 0.321 e. The largest absolute Gasteiger partial charge is 0.324 e. The first-order chi connectivity index (χ1) is 15.4. The number of carbonyl (C=O) groups excluding carboxylic acids is 2. The Labute approximate surface area is 193 Å². The molecule has 7 nitrogen and oxygen atoms in total. The molecule has 32 heavy (non-hydrogen) atoms. The van der Waals surface area contributed by atoms with Crippen LogP contribution in [0.3, 0.4) is 0 Å². The number of aromatic nitrogens is 2. The minimum Gasteiger partial charge on any atom is -0.324 e. The minimum atomic E-state index is -0.403. The average Bonchev–Trinajstić information content (AvgIpc) is 3.28. The van der Waals surface area contributed by atoms with Gasteiger partial charge < -0.3 is 15.5 Å². The van der Waals surface area contributed by atoms with E-state index in [2.05, 4.69) is 20.8 Å². The van der Waals surface area contributed by atoms with Crippen LogP contribution in [0.15, 0.2) is 42.5 Å². The highest BCUT2D eigenvalue weighted by Gasteiger charge is 2.28. The van der Waals surface area contributed by atoms with Gasteiger partial charge >= 0.3 is 6.03 Å². The van der Waals surface area contributed by atoms with Crippen LogP contribution in [0, 0.1) is 12.7 Å². The average molecular weight is 474 g/mol. The number of aryl methyl sites for hydroxylation is 1. The summed E-state index contributed by atoms with van der Waals surface area (Å²) in [5.41, 5.74) is 2.06. The molecule has 0 bridgehead atoms. The number of hydrogen-bond donors (Lipinski definition) is 2. The lowest BCUT2D eigenvalue weighted by Gasteiger charge is -2.31. The van der Waals surface area contributed by atoms with Crippen LogP contribution in [0.1, 0.15) is 39.1 Å². The van der Waals surface area contributed by atoms with Crippen LogP contribution >= 0.6 is 22.9 Å². The Morgan fingerprint density at radius 3 is 2.69 bits per heavy atom. The topological polar surface area (TPSA) is 87.2 Å². The van der Waals surface area contributed by atoms with Crippen LogP contribution in [-0.2, 0) is 0 Å². The predicted octanol–water partition coefficient (Wildman–Crippen LogP) is 5.30. The first-order valence-electron chi connectivity index (χ1n) is 10.1. The van der Waals surface area contributed by atoms with E-state index in [-0.39, 0.29) is 22.8 Å². The Balaban J connectivity index is 1.39. The zero-order valence-corrected chi connectivity index (χ0v) is 18.8. The first-order valence-corrected chi connectivity index (χ1v) is 11.3. The summed E-state index contributed by atoms with van der Waals surface area (Å²) in [7, 11) is 0. The molecular weight excluding hydrogens is 453 g/mol. The summed E-state index contributed by atoms with van der Waals surface area (Å²) in [6, 6.07) is 10.8. The molecule has 1 aliphatic heterocycles. The van der Waals surface area contributed by atoms with Gasteiger partial charge in [-0.3, -0.25) is 4.79 Å². The molecule has 0 saturated carbocycles. The van der Waals surface area contributed by atoms with Gasteiger partial charge in [0.25, 0.3) is 5.91 Å². The third kappa shape index (κ3) is 5.23. The fraction of sp³-hybridized carbons (Fsp3) is 0.273. The molecule has 10 heteroatoms. The Morgan fingerprint density at radius 1 is 1.16 bits per heavy atom. The summed E-state index contributed by atoms with van der Waals surface area (Å²) in [6.45, 7) is 3.04. The third-order valence-electron chi connectivity index (χ3n) is 5.16. The number of urea groups is 1. The molecule has 3 amide bonds. The lowest BCUT2D eigenvalue weighted by atomic mass is 9.99. The lowest BCUT2D eigenvalue weighted by Crippen LogP contribution is -2.41. The van der Waals surface area contributed by atoms with Crippen molar-refractivity contribution in [3.8, 4) is 0 Å². The number of piperidine rings is 1. The highest BCUT2D eigenvalue weighted by atomic mass is 35.5. The molecule has 4 rings (SSSR count). The van der Waals surface area contributed by atoms with Gasteiger partial charge in [0.05, 0.1) is 10.7 Å². The van der Waals surface area contributed by atoms with Crippen LogP contribution in [0.5, 0.6) is 0 Å². The van der Waals surface area contributed by atoms with Crippen molar-refractivity contribution in [1.29, 1.82) is 0 Å². The van der Waals surface area contributed by atoms with Gasteiger partial charge in [-0.05, 0) is 61.7 Å². The normalized spacial score (nSPS) is 16.0. The monoisotopic (exact) mass is 473 g/mol. The Hall–Kier alpha value is -3.04. The highest BCUT2D eigenvalue weighted by Crippen LogP contribution is 2.30. The summed E-state index contributed by atoms with van der Waals surface area (Å²) in [4.78, 5) is 26.9. The van der Waals surface area contributed by atoms with E-state index < -0.39 is 5.91 Å². The number of nitrogens with zero attached hydrogens (tertiary/aromatic N) is 3. The molecule has 0 unspecified atom stereocenters. The van der Waals surface area contributed by atoms with E-state index in [1.807, 2.05) is 13.0 Å². The number of halogens is 2. The van der Waals surface area contributed by atoms with E-state index in [0.717, 1.165) is 18.4 Å². The number of amides is 3. The van der Waals surface area contributed by atoms with Gasteiger partial charge in [0, 0.05) is 24.7 Å². The fourth-order valence-electron chi connectivity index (χ4n) is 3.49. The van der Waals surface area contributed by atoms with Crippen LogP contribution in [0.25, 0.3) is 0 Å². The molecule has 1 aromatic heterocycles. The lowest BCUT2D eigenvalue weighted by molar-refractivity contribution is 0.102. The van der Waals surface area contributed by atoms with Gasteiger partial charge in [-0.25, -0.2) is 9.18 Å². The molecule has 2 aromatic carbocycles. The number of benzene rings is 2. The van der Waals surface area contributed by atoms with Crippen molar-refractivity contribution in [1.82, 2.24) is 15.1 Å². The quantitative estimate of drug-likeness (QED) is 0.538. The molecule has 166 valence electrons. The second kappa shape index (κ2) is 9.62. The minimum absolute atomic E-state index is 0.00661. The predicted molar refractivity (Wildman–Crippen MR) is 123 cm³/mol. The fourth-order valence-corrected chi connectivity index (χ4v) is 4.63. The van der Waals surface area contributed by atoms with Crippen LogP contribution in [0.4, 0.5) is 20.6 Å². The number of carbonyl (C=O) groups is 2. The second-order valence-corrected chi connectivity index (χ2v) is 9.02. The molecule has 1 fully saturated rings. The molecule has 1 saturated heterocycles. The van der Waals surface area contributed by atoms with E-state index in [1.54, 1.807) is 17.0 Å². The van der Waals surface area contributed by atoms with E-state index in [9.17, 15) is 14.0 Å². The van der Waals surface area contributed by atoms with Crippen LogP contribution in [-0.4, -0.2) is 40.1 Å². The molecule has 2 N–H and O–H groups in total. The maximum atomic E-state index is 13.0. The molecular formula is C22H21ClFN5O2S. The zero-order chi connectivity index (χ0) is 22.7. The number of anilines is 2. The van der Waals surface area contributed by atoms with E-state index >= 15 is 0 Å². The molecule has 1 atom stereocenters. The van der Waals surface area contributed by atoms with Crippen molar-refractivity contribution in [2.75, 3.05) is 23.7 Å². The first kappa shape index (κ1) is 22.2. The Morgan fingerprint density at radius 2 is 1.94 bits per heavy atom. The molecule has 3 aromatic rings. The Kier molecular flexibility index (Phi) is 6.66. The van der Waals surface area contributed by atoms with Crippen LogP contribution < -0.4 is 10.6 Å². The number of likely N-dealkylation sites (tertiary alicyclic amines) is 1. The van der Waals surface area contributed by atoms with Gasteiger partial charge in [-0.2, -0.15) is 0 Å². The second-order valence-electron chi connectivity index (χ2n) is 7.61. The standard InChI is InChI=1S/C22H21ClFN5O2S/c1-13-4-9-18(17(23)11-13)26-22(31)29-10-2-3-14(12-29)20-27-28-21(32-20)19(30)25-16-7-5-15(24)6-8-16/h4-9,11,14H,2-3,10,12H2,1H3,(H,25,30)(H,26,31)/t14-/m0/s1. The molecule has 0 radical (unpaired) electrons.